The van der Waals surface area contributed by atoms with Crippen LogP contribution in [0.25, 0.3) is 0 Å². The molecule has 3 nitrogen and oxygen atoms in total. The summed E-state index contributed by atoms with van der Waals surface area (Å²) in [5, 5.41) is 1.23. The lowest BCUT2D eigenvalue weighted by Crippen LogP contribution is -2.37. The quantitative estimate of drug-likeness (QED) is 0.708. The van der Waals surface area contributed by atoms with Crippen molar-refractivity contribution in [3.8, 4) is 0 Å². The monoisotopic (exact) mass is 258 g/mol. The summed E-state index contributed by atoms with van der Waals surface area (Å²) < 4.78 is 17.0. The Morgan fingerprint density at radius 3 is 2.31 bits per heavy atom. The smallest absolute Gasteiger partial charge is 0.195 e. The van der Waals surface area contributed by atoms with Crippen LogP contribution in [0.1, 0.15) is 0 Å². The minimum Gasteiger partial charge on any atom is -0.497 e. The molecule has 0 saturated carbocycles. The van der Waals surface area contributed by atoms with E-state index in [1.54, 1.807) is 14.2 Å². The third-order valence-corrected chi connectivity index (χ3v) is 8.19. The second-order valence-corrected chi connectivity index (χ2v) is 12.0. The highest BCUT2D eigenvalue weighted by atomic mass is 28.4. The number of hydrogen-bond acceptors (Lipinski definition) is 3. The van der Waals surface area contributed by atoms with Crippen molar-refractivity contribution >= 4 is 17.4 Å². The van der Waals surface area contributed by atoms with Crippen molar-refractivity contribution < 1.29 is 13.6 Å². The molecule has 0 heterocycles. The van der Waals surface area contributed by atoms with Gasteiger partial charge in [-0.15, -0.1) is 0 Å². The van der Waals surface area contributed by atoms with Crippen LogP contribution in [0.4, 0.5) is 0 Å². The van der Waals surface area contributed by atoms with Crippen LogP contribution in [0.15, 0.2) is 23.1 Å². The molecule has 0 aliphatic heterocycles. The molecule has 0 radical (unpaired) electrons. The minimum atomic E-state index is -1.48. The molecular weight excluding hydrogens is 236 g/mol. The van der Waals surface area contributed by atoms with Crippen molar-refractivity contribution in [2.75, 3.05) is 14.2 Å². The summed E-state index contributed by atoms with van der Waals surface area (Å²) in [6, 6.07) is 0. The number of rotatable bonds is 5. The molecule has 16 heavy (non-hydrogen) atoms. The molecule has 0 saturated heterocycles. The Bertz CT molecular complexity index is 305. The first-order chi connectivity index (χ1) is 7.39. The summed E-state index contributed by atoms with van der Waals surface area (Å²) in [6.45, 7) is 8.85. The number of allylic oxidation sites excluding steroid dienone is 1. The van der Waals surface area contributed by atoms with E-state index in [2.05, 4.69) is 26.2 Å². The maximum Gasteiger partial charge on any atom is 0.195 e. The van der Waals surface area contributed by atoms with Gasteiger partial charge in [-0.1, -0.05) is 0 Å². The minimum absolute atomic E-state index is 0.0490. The average Bonchev–Trinajstić information content (AvgIpc) is 2.57. The number of methoxy groups -OCH3 is 2. The van der Waals surface area contributed by atoms with Crippen LogP contribution in [-0.2, 0) is 13.6 Å². The van der Waals surface area contributed by atoms with Gasteiger partial charge in [-0.05, 0) is 38.3 Å². The highest BCUT2D eigenvalue weighted by Crippen LogP contribution is 2.26. The summed E-state index contributed by atoms with van der Waals surface area (Å²) in [7, 11) is 0.542. The second kappa shape index (κ2) is 5.31. The van der Waals surface area contributed by atoms with Crippen LogP contribution < -0.4 is 0 Å². The van der Waals surface area contributed by atoms with E-state index in [1.165, 1.54) is 5.20 Å². The Kier molecular flexibility index (Phi) is 4.55. The molecule has 0 fully saturated rings. The van der Waals surface area contributed by atoms with Gasteiger partial charge in [-0.3, -0.25) is 0 Å². The van der Waals surface area contributed by atoms with Gasteiger partial charge in [0, 0.05) is 12.3 Å². The summed E-state index contributed by atoms with van der Waals surface area (Å²) in [5.74, 6) is 0.935. The molecule has 0 aromatic rings. The topological polar surface area (TPSA) is 27.7 Å². The van der Waals surface area contributed by atoms with Gasteiger partial charge >= 0.3 is 0 Å². The first kappa shape index (κ1) is 13.7. The van der Waals surface area contributed by atoms with E-state index in [1.807, 2.05) is 12.2 Å². The van der Waals surface area contributed by atoms with E-state index < -0.39 is 17.4 Å². The zero-order valence-corrected chi connectivity index (χ0v) is 13.2. The van der Waals surface area contributed by atoms with E-state index >= 15 is 0 Å². The first-order valence-corrected chi connectivity index (χ1v) is 11.2. The highest BCUT2D eigenvalue weighted by Gasteiger charge is 2.31. The molecule has 1 rings (SSSR count). The van der Waals surface area contributed by atoms with Crippen LogP contribution in [0.5, 0.6) is 0 Å². The molecule has 0 aromatic carbocycles. The van der Waals surface area contributed by atoms with Crippen LogP contribution >= 0.6 is 0 Å². The predicted octanol–water partition coefficient (Wildman–Crippen LogP) is 2.22. The normalized spacial score (nSPS) is 22.8. The van der Waals surface area contributed by atoms with Crippen molar-refractivity contribution in [3.63, 3.8) is 0 Å². The molecule has 0 spiro atoms. The average molecular weight is 258 g/mol. The summed E-state index contributed by atoms with van der Waals surface area (Å²) in [6.07, 6.45) is 4.07. The molecule has 1 aliphatic rings. The molecule has 92 valence electrons. The molecule has 0 bridgehead atoms. The van der Waals surface area contributed by atoms with E-state index in [0.29, 0.717) is 0 Å². The Balaban J connectivity index is 2.84. The molecule has 2 unspecified atom stereocenters. The fourth-order valence-electron chi connectivity index (χ4n) is 1.93. The van der Waals surface area contributed by atoms with Gasteiger partial charge in [0.05, 0.1) is 13.2 Å². The lowest BCUT2D eigenvalue weighted by atomic mass is 10.4. The fourth-order valence-corrected chi connectivity index (χ4v) is 8.01. The molecular formula is C11H22O3Si2. The lowest BCUT2D eigenvalue weighted by Gasteiger charge is -2.26. The molecule has 2 atom stereocenters. The zero-order chi connectivity index (χ0) is 12.3. The Morgan fingerprint density at radius 1 is 1.25 bits per heavy atom. The number of hydrogen-bond donors (Lipinski definition) is 0. The third kappa shape index (κ3) is 3.31. The SMILES string of the molecule is COC1=C([SiH](C)O[Si](C)(C)C)C(OC)C=C1. The maximum absolute atomic E-state index is 6.21. The van der Waals surface area contributed by atoms with Gasteiger partial charge in [-0.25, -0.2) is 0 Å². The van der Waals surface area contributed by atoms with Crippen molar-refractivity contribution in [1.82, 2.24) is 0 Å². The van der Waals surface area contributed by atoms with Crippen LogP contribution in [0.2, 0.25) is 26.2 Å². The standard InChI is InChI=1S/C11H22O3Si2/c1-12-9-7-8-10(13-2)11(9)15(3)14-16(4,5)6/h7-9,15H,1-6H3. The van der Waals surface area contributed by atoms with Gasteiger partial charge in [0.15, 0.2) is 17.4 Å². The van der Waals surface area contributed by atoms with E-state index in [-0.39, 0.29) is 6.10 Å². The summed E-state index contributed by atoms with van der Waals surface area (Å²) >= 11 is 0. The van der Waals surface area contributed by atoms with Crippen molar-refractivity contribution in [1.29, 1.82) is 0 Å². The Labute approximate surface area is 101 Å². The van der Waals surface area contributed by atoms with E-state index in [4.69, 9.17) is 13.6 Å². The predicted molar refractivity (Wildman–Crippen MR) is 71.4 cm³/mol. The molecule has 0 amide bonds. The molecule has 0 N–H and O–H groups in total. The van der Waals surface area contributed by atoms with Crippen LogP contribution in [0.3, 0.4) is 0 Å². The van der Waals surface area contributed by atoms with E-state index in [0.717, 1.165) is 5.76 Å². The third-order valence-electron chi connectivity index (χ3n) is 2.46. The van der Waals surface area contributed by atoms with Crippen molar-refractivity contribution in [3.05, 3.63) is 23.1 Å². The molecule has 5 heteroatoms. The van der Waals surface area contributed by atoms with Gasteiger partial charge in [0.2, 0.25) is 0 Å². The molecule has 1 aliphatic carbocycles. The van der Waals surface area contributed by atoms with Gasteiger partial charge in [0.1, 0.15) is 5.76 Å². The van der Waals surface area contributed by atoms with Gasteiger partial charge in [0.25, 0.3) is 0 Å². The maximum atomic E-state index is 6.21. The van der Waals surface area contributed by atoms with Gasteiger partial charge < -0.3 is 13.6 Å². The Morgan fingerprint density at radius 2 is 1.88 bits per heavy atom. The van der Waals surface area contributed by atoms with Crippen LogP contribution in [0, 0.1) is 0 Å². The zero-order valence-electron chi connectivity index (χ0n) is 11.0. The lowest BCUT2D eigenvalue weighted by molar-refractivity contribution is 0.171. The second-order valence-electron chi connectivity index (χ2n) is 4.91. The first-order valence-electron chi connectivity index (χ1n) is 5.56. The fraction of sp³-hybridized carbons (Fsp3) is 0.636. The van der Waals surface area contributed by atoms with Crippen molar-refractivity contribution in [2.45, 2.75) is 32.3 Å². The van der Waals surface area contributed by atoms with E-state index in [9.17, 15) is 0 Å². The van der Waals surface area contributed by atoms with Crippen LogP contribution in [-0.4, -0.2) is 37.7 Å². The largest absolute Gasteiger partial charge is 0.497 e. The highest BCUT2D eigenvalue weighted by molar-refractivity contribution is 6.79. The Hall–Kier alpha value is -0.366. The summed E-state index contributed by atoms with van der Waals surface area (Å²) in [5.41, 5.74) is 0. The number of ether oxygens (including phenoxy) is 2. The summed E-state index contributed by atoms with van der Waals surface area (Å²) in [4.78, 5) is 0. The van der Waals surface area contributed by atoms with Crippen molar-refractivity contribution in [2.24, 2.45) is 0 Å². The molecule has 0 aromatic heterocycles. The van der Waals surface area contributed by atoms with Gasteiger partial charge in [-0.2, -0.15) is 0 Å².